The van der Waals surface area contributed by atoms with Crippen molar-refractivity contribution in [3.05, 3.63) is 66.5 Å². The van der Waals surface area contributed by atoms with E-state index in [1.807, 2.05) is 12.1 Å². The number of hydrogen-bond donors (Lipinski definition) is 0. The third-order valence-electron chi connectivity index (χ3n) is 4.13. The quantitative estimate of drug-likeness (QED) is 0.568. The molecule has 0 saturated heterocycles. The van der Waals surface area contributed by atoms with Crippen molar-refractivity contribution in [2.45, 2.75) is 19.4 Å². The number of esters is 1. The first-order valence-electron chi connectivity index (χ1n) is 8.88. The number of tetrazole rings is 1. The minimum atomic E-state index is -1.01. The second kappa shape index (κ2) is 9.23. The molecular formula is C20H18N6O3. The highest BCUT2D eigenvalue weighted by atomic mass is 16.5. The van der Waals surface area contributed by atoms with E-state index in [4.69, 9.17) is 10.00 Å². The molecular weight excluding hydrogens is 372 g/mol. The van der Waals surface area contributed by atoms with Gasteiger partial charge in [0.2, 0.25) is 0 Å². The summed E-state index contributed by atoms with van der Waals surface area (Å²) in [6, 6.07) is 17.5. The molecule has 0 radical (unpaired) electrons. The average molecular weight is 390 g/mol. The maximum absolute atomic E-state index is 12.8. The van der Waals surface area contributed by atoms with Crippen LogP contribution in [0.25, 0.3) is 5.69 Å². The van der Waals surface area contributed by atoms with Crippen LogP contribution >= 0.6 is 0 Å². The van der Waals surface area contributed by atoms with Crippen LogP contribution in [0, 0.1) is 11.3 Å². The first-order valence-corrected chi connectivity index (χ1v) is 8.88. The molecule has 146 valence electrons. The fourth-order valence-corrected chi connectivity index (χ4v) is 2.66. The molecule has 3 rings (SSSR count). The first-order chi connectivity index (χ1) is 14.1. The SMILES string of the molecule is CC(OC(=O)c1ccc(-n2cnnn2)cc1)C(=O)N(CCC#N)c1ccccc1. The van der Waals surface area contributed by atoms with E-state index in [1.54, 1.807) is 48.5 Å². The number of nitrogens with zero attached hydrogens (tertiary/aromatic N) is 6. The van der Waals surface area contributed by atoms with Gasteiger partial charge in [-0.3, -0.25) is 4.79 Å². The summed E-state index contributed by atoms with van der Waals surface area (Å²) in [4.78, 5) is 26.7. The second-order valence-electron chi connectivity index (χ2n) is 6.08. The van der Waals surface area contributed by atoms with E-state index in [-0.39, 0.29) is 13.0 Å². The smallest absolute Gasteiger partial charge is 0.338 e. The molecule has 1 atom stereocenters. The summed E-state index contributed by atoms with van der Waals surface area (Å²) in [6.45, 7) is 1.72. The number of rotatable bonds is 7. The summed E-state index contributed by atoms with van der Waals surface area (Å²) in [7, 11) is 0. The van der Waals surface area contributed by atoms with Crippen LogP contribution in [0.15, 0.2) is 60.9 Å². The summed E-state index contributed by atoms with van der Waals surface area (Å²) in [5.41, 5.74) is 1.62. The van der Waals surface area contributed by atoms with Crippen molar-refractivity contribution in [3.63, 3.8) is 0 Å². The largest absolute Gasteiger partial charge is 0.449 e. The van der Waals surface area contributed by atoms with Gasteiger partial charge in [0.1, 0.15) is 6.33 Å². The van der Waals surface area contributed by atoms with E-state index < -0.39 is 18.0 Å². The molecule has 2 aromatic carbocycles. The zero-order valence-electron chi connectivity index (χ0n) is 15.7. The lowest BCUT2D eigenvalue weighted by atomic mass is 10.2. The molecule has 0 N–H and O–H groups in total. The lowest BCUT2D eigenvalue weighted by Gasteiger charge is -2.25. The lowest BCUT2D eigenvalue weighted by Crippen LogP contribution is -2.40. The number of carbonyl (C=O) groups is 2. The molecule has 1 amide bonds. The Kier molecular flexibility index (Phi) is 6.27. The lowest BCUT2D eigenvalue weighted by molar-refractivity contribution is -0.126. The minimum Gasteiger partial charge on any atom is -0.449 e. The van der Waals surface area contributed by atoms with E-state index in [2.05, 4.69) is 15.5 Å². The summed E-state index contributed by atoms with van der Waals surface area (Å²) >= 11 is 0. The molecule has 0 aliphatic rings. The maximum atomic E-state index is 12.8. The normalized spacial score (nSPS) is 11.3. The Morgan fingerprint density at radius 3 is 2.52 bits per heavy atom. The van der Waals surface area contributed by atoms with Crippen LogP contribution in [-0.4, -0.2) is 44.7 Å². The Balaban J connectivity index is 1.68. The van der Waals surface area contributed by atoms with Gasteiger partial charge in [0.15, 0.2) is 6.10 Å². The van der Waals surface area contributed by atoms with Crippen molar-refractivity contribution in [1.82, 2.24) is 20.2 Å². The number of anilines is 1. The highest BCUT2D eigenvalue weighted by Gasteiger charge is 2.25. The van der Waals surface area contributed by atoms with Crippen LogP contribution in [0.5, 0.6) is 0 Å². The monoisotopic (exact) mass is 390 g/mol. The fourth-order valence-electron chi connectivity index (χ4n) is 2.66. The van der Waals surface area contributed by atoms with Crippen LogP contribution < -0.4 is 4.90 Å². The zero-order chi connectivity index (χ0) is 20.6. The Bertz CT molecular complexity index is 997. The van der Waals surface area contributed by atoms with Gasteiger partial charge in [-0.1, -0.05) is 18.2 Å². The Morgan fingerprint density at radius 1 is 1.17 bits per heavy atom. The average Bonchev–Trinajstić information content (AvgIpc) is 3.29. The molecule has 1 heterocycles. The predicted molar refractivity (Wildman–Crippen MR) is 103 cm³/mol. The van der Waals surface area contributed by atoms with Gasteiger partial charge < -0.3 is 9.64 Å². The number of ether oxygens (including phenoxy) is 1. The molecule has 0 saturated carbocycles. The third kappa shape index (κ3) is 4.81. The topological polar surface area (TPSA) is 114 Å². The molecule has 9 nitrogen and oxygen atoms in total. The van der Waals surface area contributed by atoms with Gasteiger partial charge in [0, 0.05) is 12.2 Å². The van der Waals surface area contributed by atoms with E-state index in [1.165, 1.54) is 22.8 Å². The minimum absolute atomic E-state index is 0.167. The highest BCUT2D eigenvalue weighted by molar-refractivity contribution is 5.99. The fraction of sp³-hybridized carbons (Fsp3) is 0.200. The molecule has 0 aliphatic heterocycles. The number of carbonyl (C=O) groups excluding carboxylic acids is 2. The van der Waals surface area contributed by atoms with Crippen LogP contribution in [0.1, 0.15) is 23.7 Å². The van der Waals surface area contributed by atoms with Crippen LogP contribution in [-0.2, 0) is 9.53 Å². The van der Waals surface area contributed by atoms with Crippen LogP contribution in [0.3, 0.4) is 0 Å². The standard InChI is InChI=1S/C20H18N6O3/c1-15(19(27)25(13-5-12-21)17-6-3-2-4-7-17)29-20(28)16-8-10-18(11-9-16)26-14-22-23-24-26/h2-4,6-11,14-15H,5,13H2,1H3. The van der Waals surface area contributed by atoms with Gasteiger partial charge in [0.25, 0.3) is 5.91 Å². The number of nitriles is 1. The molecule has 0 aliphatic carbocycles. The molecule has 1 aromatic heterocycles. The zero-order valence-corrected chi connectivity index (χ0v) is 15.7. The molecule has 0 fully saturated rings. The number of amides is 1. The number of para-hydroxylation sites is 1. The van der Waals surface area contributed by atoms with E-state index in [0.717, 1.165) is 0 Å². The van der Waals surface area contributed by atoms with Crippen molar-refractivity contribution >= 4 is 17.6 Å². The van der Waals surface area contributed by atoms with Gasteiger partial charge in [-0.15, -0.1) is 5.10 Å². The Morgan fingerprint density at radius 2 is 1.90 bits per heavy atom. The van der Waals surface area contributed by atoms with Crippen LogP contribution in [0.4, 0.5) is 5.69 Å². The third-order valence-corrected chi connectivity index (χ3v) is 4.13. The van der Waals surface area contributed by atoms with Gasteiger partial charge in [-0.2, -0.15) is 5.26 Å². The van der Waals surface area contributed by atoms with Crippen molar-refractivity contribution in [3.8, 4) is 11.8 Å². The predicted octanol–water partition coefficient (Wildman–Crippen LogP) is 2.15. The number of hydrogen-bond acceptors (Lipinski definition) is 7. The molecule has 0 bridgehead atoms. The summed E-state index contributed by atoms with van der Waals surface area (Å²) in [6.07, 6.45) is 0.591. The van der Waals surface area contributed by atoms with Crippen molar-refractivity contribution in [2.75, 3.05) is 11.4 Å². The van der Waals surface area contributed by atoms with Gasteiger partial charge in [-0.25, -0.2) is 9.48 Å². The van der Waals surface area contributed by atoms with E-state index >= 15 is 0 Å². The molecule has 0 spiro atoms. The summed E-state index contributed by atoms with van der Waals surface area (Å²) in [5.74, 6) is -1.02. The van der Waals surface area contributed by atoms with Crippen LogP contribution in [0.2, 0.25) is 0 Å². The molecule has 3 aromatic rings. The molecule has 1 unspecified atom stereocenters. The van der Waals surface area contributed by atoms with Crippen molar-refractivity contribution in [2.24, 2.45) is 0 Å². The van der Waals surface area contributed by atoms with Gasteiger partial charge >= 0.3 is 5.97 Å². The van der Waals surface area contributed by atoms with Crippen molar-refractivity contribution < 1.29 is 14.3 Å². The van der Waals surface area contributed by atoms with Gasteiger partial charge in [-0.05, 0) is 53.7 Å². The van der Waals surface area contributed by atoms with E-state index in [0.29, 0.717) is 16.9 Å². The Hall–Kier alpha value is -4.06. The second-order valence-corrected chi connectivity index (χ2v) is 6.08. The van der Waals surface area contributed by atoms with Gasteiger partial charge in [0.05, 0.1) is 23.7 Å². The van der Waals surface area contributed by atoms with Crippen molar-refractivity contribution in [1.29, 1.82) is 5.26 Å². The number of benzene rings is 2. The molecule has 9 heteroatoms. The maximum Gasteiger partial charge on any atom is 0.338 e. The summed E-state index contributed by atoms with van der Waals surface area (Å²) in [5, 5.41) is 19.8. The van der Waals surface area contributed by atoms with E-state index in [9.17, 15) is 9.59 Å². The first kappa shape index (κ1) is 19.7. The summed E-state index contributed by atoms with van der Waals surface area (Å²) < 4.78 is 6.80. The molecule has 29 heavy (non-hydrogen) atoms. The Labute approximate surface area is 167 Å². The highest BCUT2D eigenvalue weighted by Crippen LogP contribution is 2.17. The number of aromatic nitrogens is 4.